The van der Waals surface area contributed by atoms with Crippen LogP contribution in [-0.2, 0) is 0 Å². The number of rotatable bonds is 2. The third kappa shape index (κ3) is 2.87. The van der Waals surface area contributed by atoms with Crippen molar-refractivity contribution < 1.29 is 14.7 Å². The minimum atomic E-state index is -1.12. The summed E-state index contributed by atoms with van der Waals surface area (Å²) in [5.41, 5.74) is 7.59. The van der Waals surface area contributed by atoms with Crippen molar-refractivity contribution in [3.05, 3.63) is 35.4 Å². The van der Waals surface area contributed by atoms with Crippen molar-refractivity contribution in [1.29, 1.82) is 0 Å². The minimum absolute atomic E-state index is 0.169. The molecule has 0 saturated carbocycles. The van der Waals surface area contributed by atoms with E-state index in [0.717, 1.165) is 16.1 Å². The fourth-order valence-electron chi connectivity index (χ4n) is 2.28. The van der Waals surface area contributed by atoms with Crippen LogP contribution in [0, 0.1) is 0 Å². The lowest BCUT2D eigenvalue weighted by molar-refractivity contribution is 0.157. The zero-order valence-electron chi connectivity index (χ0n) is 11.0. The van der Waals surface area contributed by atoms with Crippen LogP contribution in [0.1, 0.15) is 30.0 Å². The molecule has 0 radical (unpaired) electrons. The van der Waals surface area contributed by atoms with E-state index in [2.05, 4.69) is 10.4 Å². The molecule has 4 N–H and O–H groups in total. The topological polar surface area (TPSA) is 108 Å². The fourth-order valence-corrected chi connectivity index (χ4v) is 2.28. The van der Waals surface area contributed by atoms with E-state index in [9.17, 15) is 9.59 Å². The maximum absolute atomic E-state index is 11.0. The Hall–Kier alpha value is -2.57. The lowest BCUT2D eigenvalue weighted by Gasteiger charge is -2.27. The van der Waals surface area contributed by atoms with E-state index in [1.54, 1.807) is 0 Å². The monoisotopic (exact) mass is 276 g/mol. The van der Waals surface area contributed by atoms with Gasteiger partial charge >= 0.3 is 12.1 Å². The van der Waals surface area contributed by atoms with Crippen molar-refractivity contribution in [3.8, 4) is 0 Å². The molecule has 7 nitrogen and oxygen atoms in total. The minimum Gasteiger partial charge on any atom is -0.464 e. The summed E-state index contributed by atoms with van der Waals surface area (Å²) in [6, 6.07) is 6.70. The molecule has 0 aromatic heterocycles. The molecule has 0 aliphatic heterocycles. The maximum atomic E-state index is 11.0. The first-order valence-electron chi connectivity index (χ1n) is 6.18. The number of benzene rings is 1. The number of amides is 3. The van der Waals surface area contributed by atoms with E-state index in [0.29, 0.717) is 18.6 Å². The van der Waals surface area contributed by atoms with Gasteiger partial charge in [0.2, 0.25) is 0 Å². The highest BCUT2D eigenvalue weighted by Crippen LogP contribution is 2.30. The summed E-state index contributed by atoms with van der Waals surface area (Å²) in [7, 11) is 1.38. The SMILES string of the molecule is CN(/N=C1/CCC(NC(N)=O)c2ccccc21)C(=O)O. The molecule has 0 spiro atoms. The van der Waals surface area contributed by atoms with Crippen LogP contribution in [0.25, 0.3) is 0 Å². The van der Waals surface area contributed by atoms with Crippen molar-refractivity contribution in [2.24, 2.45) is 10.8 Å². The molecular weight excluding hydrogens is 260 g/mol. The van der Waals surface area contributed by atoms with E-state index in [1.807, 2.05) is 24.3 Å². The lowest BCUT2D eigenvalue weighted by Crippen LogP contribution is -2.36. The molecule has 1 unspecified atom stereocenters. The van der Waals surface area contributed by atoms with Crippen LogP contribution < -0.4 is 11.1 Å². The van der Waals surface area contributed by atoms with E-state index in [1.165, 1.54) is 7.05 Å². The number of primary amides is 1. The van der Waals surface area contributed by atoms with Gasteiger partial charge in [0.25, 0.3) is 0 Å². The molecule has 0 fully saturated rings. The third-order valence-corrected chi connectivity index (χ3v) is 3.18. The molecule has 1 aliphatic carbocycles. The second-order valence-corrected chi connectivity index (χ2v) is 4.54. The summed E-state index contributed by atoms with van der Waals surface area (Å²) >= 11 is 0. The second-order valence-electron chi connectivity index (χ2n) is 4.54. The zero-order chi connectivity index (χ0) is 14.7. The Kier molecular flexibility index (Phi) is 3.88. The summed E-state index contributed by atoms with van der Waals surface area (Å²) in [5.74, 6) is 0. The first kappa shape index (κ1) is 13.9. The molecule has 7 heteroatoms. The smallest absolute Gasteiger partial charge is 0.427 e. The number of fused-ring (bicyclic) bond motifs is 1. The Labute approximate surface area is 116 Å². The molecule has 1 aliphatic rings. The van der Waals surface area contributed by atoms with Crippen LogP contribution in [-0.4, -0.2) is 35.0 Å². The highest BCUT2D eigenvalue weighted by molar-refractivity contribution is 6.03. The van der Waals surface area contributed by atoms with Crippen molar-refractivity contribution >= 4 is 17.8 Å². The molecule has 106 valence electrons. The van der Waals surface area contributed by atoms with Crippen LogP contribution >= 0.6 is 0 Å². The summed E-state index contributed by atoms with van der Waals surface area (Å²) < 4.78 is 0. The number of carbonyl (C=O) groups excluding carboxylic acids is 1. The largest absolute Gasteiger partial charge is 0.464 e. The molecule has 1 aromatic rings. The Bertz CT molecular complexity index is 570. The lowest BCUT2D eigenvalue weighted by atomic mass is 9.86. The van der Waals surface area contributed by atoms with E-state index in [-0.39, 0.29) is 6.04 Å². The molecule has 0 saturated heterocycles. The first-order valence-corrected chi connectivity index (χ1v) is 6.18. The van der Waals surface area contributed by atoms with Gasteiger partial charge in [-0.2, -0.15) is 5.10 Å². The molecular formula is C13H16N4O3. The summed E-state index contributed by atoms with van der Waals surface area (Å²) in [6.07, 6.45) is 0.0820. The Balaban J connectivity index is 2.36. The van der Waals surface area contributed by atoms with Crippen LogP contribution in [0.3, 0.4) is 0 Å². The van der Waals surface area contributed by atoms with Crippen LogP contribution in [0.4, 0.5) is 9.59 Å². The van der Waals surface area contributed by atoms with Crippen molar-refractivity contribution in [1.82, 2.24) is 10.3 Å². The number of carbonyl (C=O) groups is 2. The number of hydrogen-bond donors (Lipinski definition) is 3. The molecule has 2 rings (SSSR count). The molecule has 3 amide bonds. The molecule has 1 aromatic carbocycles. The van der Waals surface area contributed by atoms with Gasteiger partial charge in [0, 0.05) is 12.6 Å². The first-order chi connectivity index (χ1) is 9.49. The van der Waals surface area contributed by atoms with Crippen LogP contribution in [0.5, 0.6) is 0 Å². The van der Waals surface area contributed by atoms with E-state index >= 15 is 0 Å². The van der Waals surface area contributed by atoms with Crippen molar-refractivity contribution in [2.75, 3.05) is 7.05 Å². The van der Waals surface area contributed by atoms with Gasteiger partial charge in [0.05, 0.1) is 11.8 Å². The summed E-state index contributed by atoms with van der Waals surface area (Å²) in [6.45, 7) is 0. The summed E-state index contributed by atoms with van der Waals surface area (Å²) in [5, 5.41) is 16.5. The Morgan fingerprint density at radius 2 is 2.15 bits per heavy atom. The average Bonchev–Trinajstić information content (AvgIpc) is 2.41. The maximum Gasteiger partial charge on any atom is 0.427 e. The van der Waals surface area contributed by atoms with Crippen molar-refractivity contribution in [3.63, 3.8) is 0 Å². The fraction of sp³-hybridized carbons (Fsp3) is 0.308. The van der Waals surface area contributed by atoms with Crippen LogP contribution in [0.15, 0.2) is 29.4 Å². The van der Waals surface area contributed by atoms with Gasteiger partial charge in [-0.25, -0.2) is 14.6 Å². The van der Waals surface area contributed by atoms with Crippen LogP contribution in [0.2, 0.25) is 0 Å². The van der Waals surface area contributed by atoms with Gasteiger partial charge in [0.1, 0.15) is 0 Å². The standard InChI is InChI=1S/C13H16N4O3/c1-17(13(19)20)16-11-7-6-10(15-12(14)18)8-4-2-3-5-9(8)11/h2-5,10H,6-7H2,1H3,(H,19,20)(H3,14,15,18)/b16-11-. The normalized spacial score (nSPS) is 19.2. The zero-order valence-corrected chi connectivity index (χ0v) is 11.0. The number of hydrazone groups is 1. The predicted octanol–water partition coefficient (Wildman–Crippen LogP) is 1.50. The molecule has 1 atom stereocenters. The number of urea groups is 1. The highest BCUT2D eigenvalue weighted by Gasteiger charge is 2.25. The summed E-state index contributed by atoms with van der Waals surface area (Å²) in [4.78, 5) is 21.9. The number of nitrogens with one attached hydrogen (secondary N) is 1. The number of nitrogens with zero attached hydrogens (tertiary/aromatic N) is 2. The van der Waals surface area contributed by atoms with Gasteiger partial charge in [0.15, 0.2) is 0 Å². The quantitative estimate of drug-likeness (QED) is 0.712. The second kappa shape index (κ2) is 5.60. The van der Waals surface area contributed by atoms with Gasteiger partial charge in [-0.1, -0.05) is 24.3 Å². The van der Waals surface area contributed by atoms with Gasteiger partial charge in [-0.05, 0) is 18.4 Å². The molecule has 0 bridgehead atoms. The van der Waals surface area contributed by atoms with Crippen molar-refractivity contribution in [2.45, 2.75) is 18.9 Å². The average molecular weight is 276 g/mol. The highest BCUT2D eigenvalue weighted by atomic mass is 16.4. The Morgan fingerprint density at radius 3 is 2.80 bits per heavy atom. The number of nitrogens with two attached hydrogens (primary N) is 1. The number of carboxylic acid groups (broad SMARTS) is 1. The molecule has 20 heavy (non-hydrogen) atoms. The van der Waals surface area contributed by atoms with Gasteiger partial charge in [-0.3, -0.25) is 0 Å². The van der Waals surface area contributed by atoms with E-state index in [4.69, 9.17) is 10.8 Å². The number of hydrogen-bond acceptors (Lipinski definition) is 3. The van der Waals surface area contributed by atoms with E-state index < -0.39 is 12.1 Å². The van der Waals surface area contributed by atoms with Gasteiger partial charge in [-0.15, -0.1) is 0 Å². The third-order valence-electron chi connectivity index (χ3n) is 3.18. The van der Waals surface area contributed by atoms with Gasteiger partial charge < -0.3 is 16.2 Å². The Morgan fingerprint density at radius 1 is 1.45 bits per heavy atom. The predicted molar refractivity (Wildman–Crippen MR) is 73.5 cm³/mol. The molecule has 0 heterocycles.